The molecule has 3 aromatic rings. The number of amides is 1. The number of likely N-dealkylation sites (tertiary alicyclic amines) is 1. The first-order valence-electron chi connectivity index (χ1n) is 9.11. The van der Waals surface area contributed by atoms with Crippen molar-refractivity contribution < 1.29 is 9.90 Å². The Kier molecular flexibility index (Phi) is 4.98. The van der Waals surface area contributed by atoms with E-state index in [1.165, 1.54) is 0 Å². The lowest BCUT2D eigenvalue weighted by Crippen LogP contribution is -2.29. The average molecular weight is 362 g/mol. The Morgan fingerprint density at radius 1 is 1.07 bits per heavy atom. The van der Waals surface area contributed by atoms with Gasteiger partial charge in [-0.3, -0.25) is 14.5 Å². The van der Waals surface area contributed by atoms with Crippen molar-refractivity contribution in [1.29, 1.82) is 0 Å². The molecule has 1 amide bonds. The summed E-state index contributed by atoms with van der Waals surface area (Å²) in [4.78, 5) is 18.7. The number of pyridine rings is 1. The Bertz CT molecular complexity index is 896. The molecule has 0 aliphatic carbocycles. The lowest BCUT2D eigenvalue weighted by molar-refractivity contribution is 0.0764. The predicted octanol–water partition coefficient (Wildman–Crippen LogP) is 2.00. The van der Waals surface area contributed by atoms with Crippen LogP contribution in [0.2, 0.25) is 0 Å². The smallest absolute Gasteiger partial charge is 0.253 e. The molecular formula is C21H22N4O2. The van der Waals surface area contributed by atoms with Crippen LogP contribution in [0.5, 0.6) is 0 Å². The van der Waals surface area contributed by atoms with Crippen LogP contribution in [0.3, 0.4) is 0 Å². The first kappa shape index (κ1) is 17.4. The van der Waals surface area contributed by atoms with E-state index in [4.69, 9.17) is 0 Å². The van der Waals surface area contributed by atoms with E-state index in [1.807, 2.05) is 53.3 Å². The van der Waals surface area contributed by atoms with E-state index in [9.17, 15) is 9.90 Å². The Morgan fingerprint density at radius 2 is 1.93 bits per heavy atom. The third kappa shape index (κ3) is 4.06. The van der Waals surface area contributed by atoms with Crippen LogP contribution >= 0.6 is 0 Å². The quantitative estimate of drug-likeness (QED) is 0.754. The zero-order valence-corrected chi connectivity index (χ0v) is 15.0. The van der Waals surface area contributed by atoms with Gasteiger partial charge < -0.3 is 10.0 Å². The number of benzene rings is 1. The van der Waals surface area contributed by atoms with E-state index in [2.05, 4.69) is 10.1 Å². The number of hydrogen-bond donors (Lipinski definition) is 1. The van der Waals surface area contributed by atoms with Gasteiger partial charge in [0.2, 0.25) is 0 Å². The van der Waals surface area contributed by atoms with Crippen molar-refractivity contribution in [3.8, 4) is 0 Å². The lowest BCUT2D eigenvalue weighted by Gasteiger charge is -2.17. The maximum atomic E-state index is 12.9. The molecule has 4 rings (SSSR count). The minimum absolute atomic E-state index is 0.0337. The molecule has 0 unspecified atom stereocenters. The number of aromatic nitrogens is 3. The van der Waals surface area contributed by atoms with E-state index in [-0.39, 0.29) is 11.8 Å². The van der Waals surface area contributed by atoms with Crippen LogP contribution in [-0.2, 0) is 13.0 Å². The van der Waals surface area contributed by atoms with Crippen LogP contribution in [-0.4, -0.2) is 49.9 Å². The highest BCUT2D eigenvalue weighted by Crippen LogP contribution is 2.23. The van der Waals surface area contributed by atoms with Gasteiger partial charge in [-0.25, -0.2) is 0 Å². The van der Waals surface area contributed by atoms with Crippen LogP contribution in [0.25, 0.3) is 0 Å². The fraction of sp³-hybridized carbons (Fsp3) is 0.286. The standard InChI is InChI=1S/C21H22N4O2/c26-20-15-24(14-19(20)11-16-5-8-22-9-6-16)21(27)18-4-1-3-17(12-18)13-25-10-2-7-23-25/h1-10,12,19-20,26H,11,13-15H2/t19-,20+/m1/s1. The van der Waals surface area contributed by atoms with Gasteiger partial charge in [-0.1, -0.05) is 12.1 Å². The number of aliphatic hydroxyl groups excluding tert-OH is 1. The Balaban J connectivity index is 1.44. The summed E-state index contributed by atoms with van der Waals surface area (Å²) in [6.07, 6.45) is 7.38. The van der Waals surface area contributed by atoms with Crippen LogP contribution in [0.4, 0.5) is 0 Å². The molecule has 0 radical (unpaired) electrons. The maximum absolute atomic E-state index is 12.9. The highest BCUT2D eigenvalue weighted by Gasteiger charge is 2.34. The molecule has 27 heavy (non-hydrogen) atoms. The van der Waals surface area contributed by atoms with Crippen molar-refractivity contribution in [3.63, 3.8) is 0 Å². The predicted molar refractivity (Wildman–Crippen MR) is 101 cm³/mol. The SMILES string of the molecule is O=C(c1cccc(Cn2cccn2)c1)N1C[C@@H](Cc2ccncc2)[C@@H](O)C1. The second-order valence-corrected chi connectivity index (χ2v) is 7.00. The fourth-order valence-corrected chi connectivity index (χ4v) is 3.61. The second-order valence-electron chi connectivity index (χ2n) is 7.00. The van der Waals surface area contributed by atoms with Crippen LogP contribution in [0.1, 0.15) is 21.5 Å². The van der Waals surface area contributed by atoms with Crippen molar-refractivity contribution in [2.75, 3.05) is 13.1 Å². The molecule has 1 aliphatic heterocycles. The molecule has 0 bridgehead atoms. The number of nitrogens with zero attached hydrogens (tertiary/aromatic N) is 4. The van der Waals surface area contributed by atoms with Gasteiger partial charge in [-0.05, 0) is 47.9 Å². The summed E-state index contributed by atoms with van der Waals surface area (Å²) in [6.45, 7) is 1.56. The molecular weight excluding hydrogens is 340 g/mol. The summed E-state index contributed by atoms with van der Waals surface area (Å²) in [5, 5.41) is 14.6. The van der Waals surface area contributed by atoms with E-state index in [1.54, 1.807) is 23.5 Å². The zero-order chi connectivity index (χ0) is 18.6. The number of rotatable bonds is 5. The summed E-state index contributed by atoms with van der Waals surface area (Å²) in [6, 6.07) is 13.4. The fourth-order valence-electron chi connectivity index (χ4n) is 3.61. The summed E-state index contributed by atoms with van der Waals surface area (Å²) >= 11 is 0. The summed E-state index contributed by atoms with van der Waals surface area (Å²) < 4.78 is 1.83. The van der Waals surface area contributed by atoms with Crippen LogP contribution in [0, 0.1) is 5.92 Å². The van der Waals surface area contributed by atoms with Crippen molar-refractivity contribution >= 4 is 5.91 Å². The van der Waals surface area contributed by atoms with Gasteiger partial charge in [-0.2, -0.15) is 5.10 Å². The summed E-state index contributed by atoms with van der Waals surface area (Å²) in [7, 11) is 0. The molecule has 2 atom stereocenters. The molecule has 1 aromatic carbocycles. The number of β-amino-alcohol motifs (C(OH)–C–C–N with tert-alkyl or cyclic N) is 1. The molecule has 1 fully saturated rings. The number of carbonyl (C=O) groups excluding carboxylic acids is 1. The minimum Gasteiger partial charge on any atom is -0.391 e. The summed E-state index contributed by atoms with van der Waals surface area (Å²) in [5.41, 5.74) is 2.80. The van der Waals surface area contributed by atoms with Gasteiger partial charge in [0, 0.05) is 49.4 Å². The third-order valence-electron chi connectivity index (χ3n) is 5.02. The van der Waals surface area contributed by atoms with Gasteiger partial charge in [0.1, 0.15) is 0 Å². The molecule has 1 saturated heterocycles. The molecule has 0 saturated carbocycles. The lowest BCUT2D eigenvalue weighted by atomic mass is 9.97. The van der Waals surface area contributed by atoms with Gasteiger partial charge in [-0.15, -0.1) is 0 Å². The van der Waals surface area contributed by atoms with E-state index >= 15 is 0 Å². The molecule has 6 nitrogen and oxygen atoms in total. The normalized spacial score (nSPS) is 19.4. The van der Waals surface area contributed by atoms with Crippen molar-refractivity contribution in [1.82, 2.24) is 19.7 Å². The molecule has 1 aliphatic rings. The zero-order valence-electron chi connectivity index (χ0n) is 15.0. The van der Waals surface area contributed by atoms with Crippen molar-refractivity contribution in [2.45, 2.75) is 19.1 Å². The monoisotopic (exact) mass is 362 g/mol. The van der Waals surface area contributed by atoms with Gasteiger partial charge >= 0.3 is 0 Å². The Morgan fingerprint density at radius 3 is 2.70 bits per heavy atom. The molecule has 1 N–H and O–H groups in total. The van der Waals surface area contributed by atoms with Crippen molar-refractivity contribution in [2.24, 2.45) is 5.92 Å². The number of hydrogen-bond acceptors (Lipinski definition) is 4. The third-order valence-corrected chi connectivity index (χ3v) is 5.02. The Labute approximate surface area is 158 Å². The molecule has 0 spiro atoms. The number of carbonyl (C=O) groups is 1. The largest absolute Gasteiger partial charge is 0.391 e. The van der Waals surface area contributed by atoms with Crippen LogP contribution < -0.4 is 0 Å². The topological polar surface area (TPSA) is 71.2 Å². The van der Waals surface area contributed by atoms with Gasteiger partial charge in [0.05, 0.1) is 12.6 Å². The van der Waals surface area contributed by atoms with Gasteiger partial charge in [0.15, 0.2) is 0 Å². The highest BCUT2D eigenvalue weighted by atomic mass is 16.3. The van der Waals surface area contributed by atoms with Crippen LogP contribution in [0.15, 0.2) is 67.3 Å². The minimum atomic E-state index is -0.505. The highest BCUT2D eigenvalue weighted by molar-refractivity contribution is 5.94. The van der Waals surface area contributed by atoms with E-state index < -0.39 is 6.10 Å². The molecule has 3 heterocycles. The number of aliphatic hydroxyl groups is 1. The van der Waals surface area contributed by atoms with E-state index in [0.29, 0.717) is 25.2 Å². The molecule has 2 aromatic heterocycles. The van der Waals surface area contributed by atoms with E-state index in [0.717, 1.165) is 17.5 Å². The Hall–Kier alpha value is -2.99. The maximum Gasteiger partial charge on any atom is 0.253 e. The molecule has 6 heteroatoms. The van der Waals surface area contributed by atoms with Crippen molar-refractivity contribution in [3.05, 3.63) is 83.9 Å². The summed E-state index contributed by atoms with van der Waals surface area (Å²) in [5.74, 6) is 0.0113. The second kappa shape index (κ2) is 7.72. The first-order valence-corrected chi connectivity index (χ1v) is 9.11. The van der Waals surface area contributed by atoms with Gasteiger partial charge in [0.25, 0.3) is 5.91 Å². The first-order chi connectivity index (χ1) is 13.2. The average Bonchev–Trinajstić information content (AvgIpc) is 3.32. The molecule has 138 valence electrons.